The lowest BCUT2D eigenvalue weighted by Crippen LogP contribution is -2.55. The lowest BCUT2D eigenvalue weighted by atomic mass is 9.97. The second-order valence-corrected chi connectivity index (χ2v) is 3.70. The minimum Gasteiger partial charge on any atom is -0.491 e. The first-order valence-corrected chi connectivity index (χ1v) is 4.67. The maximum absolute atomic E-state index is 13.4. The molecule has 0 saturated carbocycles. The molecule has 14 heavy (non-hydrogen) atoms. The van der Waals surface area contributed by atoms with Crippen molar-refractivity contribution >= 4 is 0 Å². The monoisotopic (exact) mass is 196 g/mol. The molecule has 3 heteroatoms. The van der Waals surface area contributed by atoms with Crippen molar-refractivity contribution in [2.75, 3.05) is 13.2 Å². The highest BCUT2D eigenvalue weighted by Crippen LogP contribution is 2.29. The van der Waals surface area contributed by atoms with Gasteiger partial charge in [0.1, 0.15) is 18.5 Å². The van der Waals surface area contributed by atoms with Crippen LogP contribution in [0.1, 0.15) is 6.92 Å². The predicted octanol–water partition coefficient (Wildman–Crippen LogP) is 2.19. The molecule has 76 valence electrons. The van der Waals surface area contributed by atoms with Gasteiger partial charge in [0.2, 0.25) is 0 Å². The average Bonchev–Trinajstić information content (AvgIpc) is 2.18. The first-order valence-electron chi connectivity index (χ1n) is 4.67. The molecule has 1 saturated heterocycles. The van der Waals surface area contributed by atoms with Crippen LogP contribution in [0.3, 0.4) is 0 Å². The Balaban J connectivity index is 1.84. The molecule has 2 nitrogen and oxygen atoms in total. The lowest BCUT2D eigenvalue weighted by molar-refractivity contribution is -0.198. The maximum atomic E-state index is 13.4. The van der Waals surface area contributed by atoms with Crippen LogP contribution in [0.2, 0.25) is 0 Å². The topological polar surface area (TPSA) is 18.5 Å². The molecule has 0 radical (unpaired) electrons. The van der Waals surface area contributed by atoms with Crippen molar-refractivity contribution in [2.24, 2.45) is 0 Å². The Bertz CT molecular complexity index is 297. The third-order valence-corrected chi connectivity index (χ3v) is 2.38. The Morgan fingerprint density at radius 3 is 2.71 bits per heavy atom. The summed E-state index contributed by atoms with van der Waals surface area (Å²) in [5.41, 5.74) is -1.23. The zero-order valence-corrected chi connectivity index (χ0v) is 8.07. The first-order chi connectivity index (χ1) is 6.68. The Morgan fingerprint density at radius 2 is 2.21 bits per heavy atom. The summed E-state index contributed by atoms with van der Waals surface area (Å²) < 4.78 is 23.8. The molecular weight excluding hydrogens is 183 g/mol. The Labute approximate surface area is 82.6 Å². The molecule has 1 fully saturated rings. The number of para-hydroxylation sites is 1. The number of rotatable bonds is 3. The standard InChI is InChI=1S/C11H13FO2/c1-11(12)8-14-10(11)7-13-9-5-3-2-4-6-9/h2-6,10H,7-8H2,1H3. The van der Waals surface area contributed by atoms with Crippen LogP contribution in [0, 0.1) is 0 Å². The van der Waals surface area contributed by atoms with Crippen LogP contribution >= 0.6 is 0 Å². The van der Waals surface area contributed by atoms with Gasteiger partial charge in [0, 0.05) is 0 Å². The fourth-order valence-electron chi connectivity index (χ4n) is 1.34. The van der Waals surface area contributed by atoms with E-state index in [4.69, 9.17) is 9.47 Å². The van der Waals surface area contributed by atoms with Gasteiger partial charge in [-0.15, -0.1) is 0 Å². The molecule has 2 unspecified atom stereocenters. The summed E-state index contributed by atoms with van der Waals surface area (Å²) in [6, 6.07) is 9.35. The molecule has 2 rings (SSSR count). The van der Waals surface area contributed by atoms with Crippen LogP contribution in [0.5, 0.6) is 5.75 Å². The first kappa shape index (κ1) is 9.46. The normalized spacial score (nSPS) is 30.9. The van der Waals surface area contributed by atoms with Gasteiger partial charge in [0.05, 0.1) is 6.61 Å². The van der Waals surface area contributed by atoms with E-state index >= 15 is 0 Å². The Hall–Kier alpha value is -1.09. The van der Waals surface area contributed by atoms with E-state index in [2.05, 4.69) is 0 Å². The van der Waals surface area contributed by atoms with E-state index in [1.54, 1.807) is 0 Å². The van der Waals surface area contributed by atoms with Gasteiger partial charge >= 0.3 is 0 Å². The number of halogens is 1. The van der Waals surface area contributed by atoms with Crippen LogP contribution in [0.25, 0.3) is 0 Å². The average molecular weight is 196 g/mol. The molecule has 1 aromatic rings. The molecule has 0 N–H and O–H groups in total. The Morgan fingerprint density at radius 1 is 1.50 bits per heavy atom. The fourth-order valence-corrected chi connectivity index (χ4v) is 1.34. The smallest absolute Gasteiger partial charge is 0.160 e. The Kier molecular flexibility index (Phi) is 2.42. The summed E-state index contributed by atoms with van der Waals surface area (Å²) in [5.74, 6) is 0.749. The lowest BCUT2D eigenvalue weighted by Gasteiger charge is -2.39. The van der Waals surface area contributed by atoms with Crippen LogP contribution in [-0.4, -0.2) is 25.0 Å². The quantitative estimate of drug-likeness (QED) is 0.737. The van der Waals surface area contributed by atoms with Gasteiger partial charge in [-0.2, -0.15) is 0 Å². The zero-order valence-electron chi connectivity index (χ0n) is 8.07. The van der Waals surface area contributed by atoms with Gasteiger partial charge in [0.25, 0.3) is 0 Å². The van der Waals surface area contributed by atoms with E-state index in [1.807, 2.05) is 30.3 Å². The minimum absolute atomic E-state index is 0.176. The number of alkyl halides is 1. The van der Waals surface area contributed by atoms with Crippen LogP contribution in [-0.2, 0) is 4.74 Å². The molecule has 0 amide bonds. The molecule has 1 heterocycles. The summed E-state index contributed by atoms with van der Waals surface area (Å²) >= 11 is 0. The summed E-state index contributed by atoms with van der Waals surface area (Å²) in [4.78, 5) is 0. The van der Waals surface area contributed by atoms with E-state index in [-0.39, 0.29) is 13.2 Å². The number of hydrogen-bond acceptors (Lipinski definition) is 2. The van der Waals surface area contributed by atoms with Crippen molar-refractivity contribution in [3.05, 3.63) is 30.3 Å². The summed E-state index contributed by atoms with van der Waals surface area (Å²) in [6.45, 7) is 1.99. The fraction of sp³-hybridized carbons (Fsp3) is 0.455. The molecule has 1 aliphatic rings. The van der Waals surface area contributed by atoms with Crippen molar-refractivity contribution in [3.63, 3.8) is 0 Å². The minimum atomic E-state index is -1.23. The molecule has 0 aliphatic carbocycles. The second kappa shape index (κ2) is 3.58. The number of hydrogen-bond donors (Lipinski definition) is 0. The summed E-state index contributed by atoms with van der Waals surface area (Å²) in [5, 5.41) is 0. The third kappa shape index (κ3) is 1.87. The molecule has 0 aromatic heterocycles. The molecule has 1 aromatic carbocycles. The van der Waals surface area contributed by atoms with Gasteiger partial charge in [-0.25, -0.2) is 4.39 Å². The summed E-state index contributed by atoms with van der Waals surface area (Å²) in [6.07, 6.45) is -0.428. The van der Waals surface area contributed by atoms with E-state index in [1.165, 1.54) is 6.92 Å². The largest absolute Gasteiger partial charge is 0.491 e. The van der Waals surface area contributed by atoms with Gasteiger partial charge in [-0.05, 0) is 19.1 Å². The number of ether oxygens (including phenoxy) is 2. The van der Waals surface area contributed by atoms with Gasteiger partial charge in [0.15, 0.2) is 5.67 Å². The second-order valence-electron chi connectivity index (χ2n) is 3.70. The van der Waals surface area contributed by atoms with Crippen molar-refractivity contribution in [1.29, 1.82) is 0 Å². The molecule has 1 aliphatic heterocycles. The molecule has 0 spiro atoms. The molecular formula is C11H13FO2. The van der Waals surface area contributed by atoms with Crippen LogP contribution < -0.4 is 4.74 Å². The van der Waals surface area contributed by atoms with E-state index < -0.39 is 11.8 Å². The maximum Gasteiger partial charge on any atom is 0.160 e. The highest BCUT2D eigenvalue weighted by atomic mass is 19.1. The van der Waals surface area contributed by atoms with Crippen molar-refractivity contribution < 1.29 is 13.9 Å². The SMILES string of the molecule is CC1(F)COC1COc1ccccc1. The molecule has 0 bridgehead atoms. The number of benzene rings is 1. The highest BCUT2D eigenvalue weighted by Gasteiger charge is 2.45. The van der Waals surface area contributed by atoms with Crippen LogP contribution in [0.4, 0.5) is 4.39 Å². The van der Waals surface area contributed by atoms with Crippen molar-refractivity contribution in [1.82, 2.24) is 0 Å². The zero-order chi connectivity index (χ0) is 10.0. The van der Waals surface area contributed by atoms with E-state index in [0.29, 0.717) is 0 Å². The predicted molar refractivity (Wildman–Crippen MR) is 51.2 cm³/mol. The van der Waals surface area contributed by atoms with E-state index in [0.717, 1.165) is 5.75 Å². The van der Waals surface area contributed by atoms with Crippen molar-refractivity contribution in [2.45, 2.75) is 18.7 Å². The van der Waals surface area contributed by atoms with Gasteiger partial charge < -0.3 is 9.47 Å². The van der Waals surface area contributed by atoms with Crippen molar-refractivity contribution in [3.8, 4) is 5.75 Å². The van der Waals surface area contributed by atoms with Crippen LogP contribution in [0.15, 0.2) is 30.3 Å². The van der Waals surface area contributed by atoms with Gasteiger partial charge in [-0.1, -0.05) is 18.2 Å². The summed E-state index contributed by atoms with van der Waals surface area (Å²) in [7, 11) is 0. The highest BCUT2D eigenvalue weighted by molar-refractivity contribution is 5.21. The van der Waals surface area contributed by atoms with E-state index in [9.17, 15) is 4.39 Å². The third-order valence-electron chi connectivity index (χ3n) is 2.38. The molecule has 2 atom stereocenters. The van der Waals surface area contributed by atoms with Gasteiger partial charge in [-0.3, -0.25) is 0 Å².